The maximum atomic E-state index is 13.4. The normalized spacial score (nSPS) is 10.6. The lowest BCUT2D eigenvalue weighted by molar-refractivity contribution is -0.0777. The van der Waals surface area contributed by atoms with Gasteiger partial charge in [-0.2, -0.15) is 52.7 Å². The van der Waals surface area contributed by atoms with Crippen LogP contribution in [0.2, 0.25) is 5.02 Å². The summed E-state index contributed by atoms with van der Waals surface area (Å²) in [5, 5.41) is 14.0. The Hall–Kier alpha value is -14.6. The topological polar surface area (TPSA) is 285 Å². The van der Waals surface area contributed by atoms with Crippen molar-refractivity contribution in [2.75, 3.05) is 31.9 Å². The van der Waals surface area contributed by atoms with Crippen molar-refractivity contribution in [1.29, 1.82) is 0 Å². The van der Waals surface area contributed by atoms with Crippen molar-refractivity contribution < 1.29 is 143 Å². The van der Waals surface area contributed by atoms with Crippen LogP contribution < -0.4 is 60.3 Å². The summed E-state index contributed by atoms with van der Waals surface area (Å²) in [7, 11) is 0. The number of carbonyl (C=O) groups excluding carboxylic acids is 6. The summed E-state index contributed by atoms with van der Waals surface area (Å²) in [6.45, 7) is 10.6. The van der Waals surface area contributed by atoms with Gasteiger partial charge in [0.2, 0.25) is 0 Å². The zero-order valence-corrected chi connectivity index (χ0v) is 84.7. The van der Waals surface area contributed by atoms with Gasteiger partial charge in [-0.1, -0.05) is 170 Å². The molecular formula is C105H102BrClF13IN6O18. The van der Waals surface area contributed by atoms with Gasteiger partial charge in [0.15, 0.2) is 0 Å². The van der Waals surface area contributed by atoms with E-state index in [-0.39, 0.29) is 51.0 Å². The van der Waals surface area contributed by atoms with E-state index in [1.807, 2.05) is 205 Å². The fourth-order valence-electron chi connectivity index (χ4n) is 13.2. The molecule has 6 N–H and O–H groups in total. The van der Waals surface area contributed by atoms with Crippen molar-refractivity contribution in [2.24, 2.45) is 0 Å². The summed E-state index contributed by atoms with van der Waals surface area (Å²) in [5.41, 5.74) is 19.5. The molecule has 12 aromatic rings. The average Bonchev–Trinajstić information content (AvgIpc) is 0.850. The molecule has 0 aliphatic heterocycles. The third kappa shape index (κ3) is 42.8. The van der Waals surface area contributed by atoms with Gasteiger partial charge >= 0.3 is 76.2 Å². The molecule has 12 aromatic carbocycles. The molecule has 0 unspecified atom stereocenters. The first-order chi connectivity index (χ1) is 68.6. The zero-order valence-electron chi connectivity index (χ0n) is 80.2. The van der Waals surface area contributed by atoms with Crippen LogP contribution in [0.1, 0.15) is 111 Å². The lowest BCUT2D eigenvalue weighted by Crippen LogP contribution is -2.18. The standard InChI is InChI=1S/C19H19F2NO3.C18H19F2NO3.C17H16BrF2NO3.C17H16ClF2NO3.C17H16F3NO3.C17H16F2INO3/c1-4-14-6-7-16(22-19(23)25-18(20)21)15(10-14)11-24-17-8-5-12(2)9-13(17)3;1-11-5-7-16(13(3)8-11)23-10-14-9-12(2)4-6-15(14)21-18(22)24-17(19)20;3*1-10-3-6-15(11(2)7-10)23-9-12-8-13(18)4-5-14(12)21-17(22)24-16(19)20;1-10-3-6-15(11(2)7-10)23-9-12-8-13(20)4-5-14(12)21-17(22)24-16(18)19/h4-10,18H,1,11H2,2-3H3,(H,22,23);4-9,17H,10H2,1-3H3,(H,21,22);4*3-8,16H,9H2,1-2H3,(H,21,22). The largest absolute Gasteiger partial charge is 0.489 e. The van der Waals surface area contributed by atoms with Crippen LogP contribution in [-0.2, 0) is 68.1 Å². The van der Waals surface area contributed by atoms with Crippen LogP contribution in [0.5, 0.6) is 34.5 Å². The Morgan fingerprint density at radius 3 is 0.793 bits per heavy atom. The first-order valence-electron chi connectivity index (χ1n) is 43.4. The Bertz CT molecular complexity index is 5690. The van der Waals surface area contributed by atoms with Crippen molar-refractivity contribution in [3.63, 3.8) is 0 Å². The summed E-state index contributed by atoms with van der Waals surface area (Å²) in [6, 6.07) is 63.1. The van der Waals surface area contributed by atoms with Crippen molar-refractivity contribution >= 4 is 127 Å². The van der Waals surface area contributed by atoms with Crippen LogP contribution in [0, 0.1) is 99.4 Å². The Morgan fingerprint density at radius 1 is 0.290 bits per heavy atom. The third-order valence-corrected chi connectivity index (χ3v) is 21.2. The van der Waals surface area contributed by atoms with Gasteiger partial charge in [-0.25, -0.2) is 33.2 Å². The van der Waals surface area contributed by atoms with Gasteiger partial charge in [0.1, 0.15) is 80.0 Å². The minimum atomic E-state index is -3.24. The number of carbonyl (C=O) groups is 6. The minimum Gasteiger partial charge on any atom is -0.489 e. The third-order valence-electron chi connectivity index (χ3n) is 19.8. The molecular weight excluding hydrogens is 2120 g/mol. The SMILES string of the molecule is C=Cc1ccc(NC(=O)OC(F)F)c(COc2ccc(C)cc2C)c1.Cc1ccc(OCc2cc(Br)ccc2NC(=O)OC(F)F)c(C)c1.Cc1ccc(OCc2cc(C)ccc2NC(=O)OC(F)F)c(C)c1.Cc1ccc(OCc2cc(Cl)ccc2NC(=O)OC(F)F)c(C)c1.Cc1ccc(OCc2cc(F)ccc2NC(=O)OC(F)F)c(C)c1.Cc1ccc(OCc2cc(I)ccc2NC(=O)OC(F)F)c(C)c1. The molecule has 6 amide bonds. The van der Waals surface area contributed by atoms with E-state index in [0.29, 0.717) is 84.2 Å². The van der Waals surface area contributed by atoms with Gasteiger partial charge < -0.3 is 56.8 Å². The van der Waals surface area contributed by atoms with Crippen molar-refractivity contribution in [2.45, 2.75) is 169 Å². The molecule has 0 aliphatic rings. The van der Waals surface area contributed by atoms with Gasteiger partial charge in [-0.3, -0.25) is 31.9 Å². The number of hydrogen-bond donors (Lipinski definition) is 6. The van der Waals surface area contributed by atoms with Crippen molar-refractivity contribution in [1.82, 2.24) is 0 Å². The molecule has 772 valence electrons. The smallest absolute Gasteiger partial charge is 0.416 e. The highest BCUT2D eigenvalue weighted by molar-refractivity contribution is 14.1. The second-order valence-corrected chi connectivity index (χ2v) is 34.2. The maximum Gasteiger partial charge on any atom is 0.416 e. The number of amides is 6. The number of alkyl halides is 12. The number of nitrogens with one attached hydrogen (secondary N) is 6. The van der Waals surface area contributed by atoms with Gasteiger partial charge in [0, 0.05) is 46.4 Å². The van der Waals surface area contributed by atoms with Gasteiger partial charge in [0.25, 0.3) is 0 Å². The van der Waals surface area contributed by atoms with Crippen LogP contribution in [0.15, 0.2) is 229 Å². The number of halogens is 16. The number of rotatable bonds is 31. The summed E-state index contributed by atoms with van der Waals surface area (Å²) in [6.07, 6.45) is -5.80. The Kier molecular flexibility index (Phi) is 47.6. The molecule has 40 heteroatoms. The van der Waals surface area contributed by atoms with E-state index in [1.165, 1.54) is 18.2 Å². The van der Waals surface area contributed by atoms with E-state index < -0.39 is 82.0 Å². The van der Waals surface area contributed by atoms with Crippen molar-refractivity contribution in [3.8, 4) is 34.5 Å². The van der Waals surface area contributed by atoms with E-state index in [1.54, 1.807) is 78.9 Å². The molecule has 0 saturated carbocycles. The highest BCUT2D eigenvalue weighted by Crippen LogP contribution is 2.34. The Balaban J connectivity index is 0.000000236. The molecule has 0 atom stereocenters. The van der Waals surface area contributed by atoms with E-state index in [4.69, 9.17) is 40.0 Å². The Labute approximate surface area is 855 Å². The lowest BCUT2D eigenvalue weighted by Gasteiger charge is -2.14. The molecule has 12 rings (SSSR count). The fourth-order valence-corrected chi connectivity index (χ4v) is 14.3. The van der Waals surface area contributed by atoms with Gasteiger partial charge in [-0.15, -0.1) is 0 Å². The van der Waals surface area contributed by atoms with Crippen LogP contribution >= 0.6 is 50.1 Å². The Morgan fingerprint density at radius 2 is 0.510 bits per heavy atom. The summed E-state index contributed by atoms with van der Waals surface area (Å²) < 4.78 is 217. The fraction of sp³-hybridized carbons (Fsp3) is 0.238. The van der Waals surface area contributed by atoms with Crippen LogP contribution in [0.25, 0.3) is 6.08 Å². The minimum absolute atomic E-state index is 0.0496. The quantitative estimate of drug-likeness (QED) is 0.0134. The number of anilines is 6. The molecule has 0 radical (unpaired) electrons. The molecule has 0 bridgehead atoms. The number of hydrogen-bond acceptors (Lipinski definition) is 18. The summed E-state index contributed by atoms with van der Waals surface area (Å²) >= 11 is 11.4. The first-order valence-corrected chi connectivity index (χ1v) is 45.6. The molecule has 0 fully saturated rings. The van der Waals surface area contributed by atoms with Crippen LogP contribution in [-0.4, -0.2) is 76.2 Å². The average molecular weight is 2230 g/mol. The predicted molar refractivity (Wildman–Crippen MR) is 537 cm³/mol. The monoisotopic (exact) mass is 2220 g/mol. The lowest BCUT2D eigenvalue weighted by atomic mass is 10.1. The molecule has 145 heavy (non-hydrogen) atoms. The number of benzene rings is 12. The molecule has 0 aliphatic carbocycles. The van der Waals surface area contributed by atoms with E-state index in [9.17, 15) is 85.8 Å². The number of ether oxygens (including phenoxy) is 12. The maximum absolute atomic E-state index is 13.4. The second kappa shape index (κ2) is 58.8. The predicted octanol–water partition coefficient (Wildman–Crippen LogP) is 31.0. The number of aryl methyl sites for hydroxylation is 13. The van der Waals surface area contributed by atoms with Gasteiger partial charge in [-0.05, 0) is 279 Å². The van der Waals surface area contributed by atoms with Crippen LogP contribution in [0.3, 0.4) is 0 Å². The molecule has 0 heterocycles. The van der Waals surface area contributed by atoms with Crippen molar-refractivity contribution in [3.05, 3.63) is 355 Å². The van der Waals surface area contributed by atoms with Gasteiger partial charge in [0.05, 0.1) is 34.1 Å². The first kappa shape index (κ1) is 117. The van der Waals surface area contributed by atoms with E-state index in [0.717, 1.165) is 110 Å². The molecule has 0 saturated heterocycles. The van der Waals surface area contributed by atoms with E-state index in [2.05, 4.69) is 105 Å². The second-order valence-electron chi connectivity index (χ2n) is 31.6. The zero-order chi connectivity index (χ0) is 107. The highest BCUT2D eigenvalue weighted by atomic mass is 127. The summed E-state index contributed by atoms with van der Waals surface area (Å²) in [4.78, 5) is 68.1. The van der Waals surface area contributed by atoms with Crippen LogP contribution in [0.4, 0.5) is 120 Å². The summed E-state index contributed by atoms with van der Waals surface area (Å²) in [5.74, 6) is 3.61. The highest BCUT2D eigenvalue weighted by Gasteiger charge is 2.23. The molecule has 24 nitrogen and oxygen atoms in total. The molecule has 0 spiro atoms. The van der Waals surface area contributed by atoms with E-state index >= 15 is 0 Å². The molecule has 0 aromatic heterocycles.